The van der Waals surface area contributed by atoms with Crippen LogP contribution in [0, 0.1) is 13.8 Å². The van der Waals surface area contributed by atoms with Gasteiger partial charge < -0.3 is 5.32 Å². The third-order valence-electron chi connectivity index (χ3n) is 3.23. The highest BCUT2D eigenvalue weighted by Crippen LogP contribution is 2.18. The molecule has 0 saturated carbocycles. The number of hydrogen-bond acceptors (Lipinski definition) is 4. The second-order valence-electron chi connectivity index (χ2n) is 4.77. The minimum absolute atomic E-state index is 0.244. The Hall–Kier alpha value is -2.82. The number of hydrogen-bond donors (Lipinski definition) is 1. The van der Waals surface area contributed by atoms with E-state index in [0.717, 1.165) is 22.4 Å². The molecule has 1 N–H and O–H groups in total. The molecule has 0 spiro atoms. The van der Waals surface area contributed by atoms with Crippen LogP contribution in [0.5, 0.6) is 0 Å². The van der Waals surface area contributed by atoms with E-state index in [-0.39, 0.29) is 5.91 Å². The molecule has 0 saturated heterocycles. The second kappa shape index (κ2) is 5.28. The summed E-state index contributed by atoms with van der Waals surface area (Å²) in [6.45, 7) is 3.85. The molecule has 5 nitrogen and oxygen atoms in total. The fraction of sp³-hybridized carbons (Fsp3) is 0.125. The van der Waals surface area contributed by atoms with Crippen LogP contribution in [0.3, 0.4) is 0 Å². The predicted molar refractivity (Wildman–Crippen MR) is 81.2 cm³/mol. The highest BCUT2D eigenvalue weighted by molar-refractivity contribution is 6.03. The molecule has 1 aromatic carbocycles. The molecule has 5 heteroatoms. The van der Waals surface area contributed by atoms with E-state index in [2.05, 4.69) is 20.3 Å². The molecule has 0 unspecified atom stereocenters. The first-order chi connectivity index (χ1) is 10.1. The minimum Gasteiger partial charge on any atom is -0.321 e. The Morgan fingerprint density at radius 2 is 1.76 bits per heavy atom. The van der Waals surface area contributed by atoms with Crippen molar-refractivity contribution in [3.8, 4) is 0 Å². The van der Waals surface area contributed by atoms with Crippen LogP contribution in [0.25, 0.3) is 11.0 Å². The van der Waals surface area contributed by atoms with Gasteiger partial charge in [0, 0.05) is 11.9 Å². The van der Waals surface area contributed by atoms with Crippen LogP contribution >= 0.6 is 0 Å². The van der Waals surface area contributed by atoms with E-state index in [9.17, 15) is 4.79 Å². The molecule has 104 valence electrons. The maximum Gasteiger partial charge on any atom is 0.274 e. The molecule has 0 aliphatic carbocycles. The number of carbonyl (C=O) groups is 1. The van der Waals surface area contributed by atoms with Crippen LogP contribution in [0.1, 0.15) is 21.9 Å². The Balaban J connectivity index is 1.91. The van der Waals surface area contributed by atoms with Crippen molar-refractivity contribution in [1.29, 1.82) is 0 Å². The van der Waals surface area contributed by atoms with Gasteiger partial charge in [0.25, 0.3) is 5.91 Å². The van der Waals surface area contributed by atoms with Crippen LogP contribution in [0.2, 0.25) is 0 Å². The van der Waals surface area contributed by atoms with Crippen molar-refractivity contribution < 1.29 is 4.79 Å². The molecule has 1 amide bonds. The van der Waals surface area contributed by atoms with Crippen molar-refractivity contribution >= 4 is 22.6 Å². The lowest BCUT2D eigenvalue weighted by molar-refractivity contribution is 0.102. The Kier molecular flexibility index (Phi) is 3.31. The summed E-state index contributed by atoms with van der Waals surface area (Å²) in [6, 6.07) is 10.7. The lowest BCUT2D eigenvalue weighted by Crippen LogP contribution is -2.13. The van der Waals surface area contributed by atoms with Gasteiger partial charge in [-0.3, -0.25) is 9.78 Å². The fourth-order valence-electron chi connectivity index (χ4n) is 2.00. The number of carbonyl (C=O) groups excluding carboxylic acids is 1. The lowest BCUT2D eigenvalue weighted by Gasteiger charge is -2.07. The van der Waals surface area contributed by atoms with E-state index in [1.807, 2.05) is 32.0 Å². The number of rotatable bonds is 2. The van der Waals surface area contributed by atoms with Gasteiger partial charge in [0.15, 0.2) is 0 Å². The van der Waals surface area contributed by atoms with Crippen LogP contribution in [-0.2, 0) is 0 Å². The number of anilines is 1. The number of amides is 1. The average molecular weight is 278 g/mol. The molecule has 0 aliphatic rings. The zero-order valence-electron chi connectivity index (χ0n) is 11.8. The first kappa shape index (κ1) is 13.2. The van der Waals surface area contributed by atoms with Gasteiger partial charge >= 0.3 is 0 Å². The monoisotopic (exact) mass is 278 g/mol. The Morgan fingerprint density at radius 3 is 2.48 bits per heavy atom. The van der Waals surface area contributed by atoms with Crippen molar-refractivity contribution in [3.05, 3.63) is 59.7 Å². The topological polar surface area (TPSA) is 67.8 Å². The highest BCUT2D eigenvalue weighted by Gasteiger charge is 2.08. The van der Waals surface area contributed by atoms with Crippen molar-refractivity contribution in [1.82, 2.24) is 15.0 Å². The Bertz CT molecular complexity index is 815. The Morgan fingerprint density at radius 1 is 1.00 bits per heavy atom. The minimum atomic E-state index is -0.244. The summed E-state index contributed by atoms with van der Waals surface area (Å²) in [7, 11) is 0. The van der Waals surface area contributed by atoms with Crippen molar-refractivity contribution in [2.75, 3.05) is 5.32 Å². The summed E-state index contributed by atoms with van der Waals surface area (Å²) >= 11 is 0. The van der Waals surface area contributed by atoms with Crippen molar-refractivity contribution in [3.63, 3.8) is 0 Å². The average Bonchev–Trinajstić information content (AvgIpc) is 2.49. The highest BCUT2D eigenvalue weighted by atomic mass is 16.1. The van der Waals surface area contributed by atoms with Crippen molar-refractivity contribution in [2.24, 2.45) is 0 Å². The molecule has 21 heavy (non-hydrogen) atoms. The molecule has 3 rings (SSSR count). The number of nitrogens with zero attached hydrogens (tertiary/aromatic N) is 3. The van der Waals surface area contributed by atoms with Gasteiger partial charge in [-0.1, -0.05) is 6.07 Å². The second-order valence-corrected chi connectivity index (χ2v) is 4.77. The molecule has 2 heterocycles. The van der Waals surface area contributed by atoms with E-state index in [4.69, 9.17) is 0 Å². The number of nitrogens with one attached hydrogen (secondary N) is 1. The van der Waals surface area contributed by atoms with E-state index < -0.39 is 0 Å². The summed E-state index contributed by atoms with van der Waals surface area (Å²) in [4.78, 5) is 25.0. The smallest absolute Gasteiger partial charge is 0.274 e. The molecule has 0 atom stereocenters. The molecular formula is C16H14N4O. The zero-order chi connectivity index (χ0) is 14.8. The maximum absolute atomic E-state index is 12.1. The fourth-order valence-corrected chi connectivity index (χ4v) is 2.00. The quantitative estimate of drug-likeness (QED) is 0.782. The van der Waals surface area contributed by atoms with Gasteiger partial charge in [-0.05, 0) is 44.2 Å². The molecule has 0 fully saturated rings. The van der Waals surface area contributed by atoms with Crippen molar-refractivity contribution in [2.45, 2.75) is 13.8 Å². The van der Waals surface area contributed by atoms with Gasteiger partial charge in [-0.15, -0.1) is 0 Å². The van der Waals surface area contributed by atoms with Gasteiger partial charge in [0.2, 0.25) is 0 Å². The Labute approximate surface area is 122 Å². The first-order valence-corrected chi connectivity index (χ1v) is 6.61. The number of aromatic nitrogens is 3. The predicted octanol–water partition coefficient (Wildman–Crippen LogP) is 2.89. The van der Waals surface area contributed by atoms with Gasteiger partial charge in [-0.2, -0.15) is 0 Å². The maximum atomic E-state index is 12.1. The third kappa shape index (κ3) is 2.72. The molecular weight excluding hydrogens is 264 g/mol. The molecule has 0 radical (unpaired) electrons. The largest absolute Gasteiger partial charge is 0.321 e. The number of pyridine rings is 1. The van der Waals surface area contributed by atoms with Crippen LogP contribution < -0.4 is 5.32 Å². The normalized spacial score (nSPS) is 10.6. The summed E-state index contributed by atoms with van der Waals surface area (Å²) < 4.78 is 0. The summed E-state index contributed by atoms with van der Waals surface area (Å²) in [6.07, 6.45) is 1.59. The SMILES string of the molecule is Cc1nc2ccc(NC(=O)c3ccccn3)cc2nc1C. The molecule has 0 aliphatic heterocycles. The van der Waals surface area contributed by atoms with Gasteiger partial charge in [0.1, 0.15) is 5.69 Å². The standard InChI is InChI=1S/C16H14N4O/c1-10-11(2)19-15-9-12(6-7-13(15)18-10)20-16(21)14-5-3-4-8-17-14/h3-9H,1-2H3,(H,20,21). The van der Waals surface area contributed by atoms with Crippen LogP contribution in [0.15, 0.2) is 42.6 Å². The van der Waals surface area contributed by atoms with Gasteiger partial charge in [0.05, 0.1) is 22.4 Å². The van der Waals surface area contributed by atoms with Gasteiger partial charge in [-0.25, -0.2) is 9.97 Å². The van der Waals surface area contributed by atoms with E-state index in [0.29, 0.717) is 11.4 Å². The molecule has 0 bridgehead atoms. The number of fused-ring (bicyclic) bond motifs is 1. The van der Waals surface area contributed by atoms with E-state index in [1.165, 1.54) is 0 Å². The summed E-state index contributed by atoms with van der Waals surface area (Å²) in [5.41, 5.74) is 4.42. The number of aryl methyl sites for hydroxylation is 2. The molecule has 2 aromatic heterocycles. The summed E-state index contributed by atoms with van der Waals surface area (Å²) in [5.74, 6) is -0.244. The zero-order valence-corrected chi connectivity index (χ0v) is 11.8. The summed E-state index contributed by atoms with van der Waals surface area (Å²) in [5, 5.41) is 2.82. The third-order valence-corrected chi connectivity index (χ3v) is 3.23. The lowest BCUT2D eigenvalue weighted by atomic mass is 10.2. The first-order valence-electron chi connectivity index (χ1n) is 6.61. The van der Waals surface area contributed by atoms with Crippen LogP contribution in [-0.4, -0.2) is 20.9 Å². The van der Waals surface area contributed by atoms with Crippen LogP contribution in [0.4, 0.5) is 5.69 Å². The molecule has 3 aromatic rings. The van der Waals surface area contributed by atoms with E-state index >= 15 is 0 Å². The number of benzene rings is 1. The van der Waals surface area contributed by atoms with E-state index in [1.54, 1.807) is 24.4 Å².